The summed E-state index contributed by atoms with van der Waals surface area (Å²) in [5, 5.41) is 19.5. The molecule has 2 aromatic rings. The number of carbonyl (C=O) groups is 1. The zero-order valence-electron chi connectivity index (χ0n) is 11.9. The number of unbranched alkanes of at least 4 members (excludes halogenated alkanes) is 1. The zero-order chi connectivity index (χ0) is 16.1. The summed E-state index contributed by atoms with van der Waals surface area (Å²) >= 11 is 3.40. The number of nitrogens with zero attached hydrogens (tertiary/aromatic N) is 1. The van der Waals surface area contributed by atoms with Crippen LogP contribution in [0.2, 0.25) is 0 Å². The van der Waals surface area contributed by atoms with Gasteiger partial charge in [-0.3, -0.25) is 9.79 Å². The summed E-state index contributed by atoms with van der Waals surface area (Å²) in [5.74, 6) is -0.887. The van der Waals surface area contributed by atoms with E-state index in [0.29, 0.717) is 24.9 Å². The highest BCUT2D eigenvalue weighted by Gasteiger charge is 2.10. The number of benzene rings is 1. The quantitative estimate of drug-likeness (QED) is 0.445. The molecule has 0 aliphatic heterocycles. The van der Waals surface area contributed by atoms with Gasteiger partial charge in [0.05, 0.1) is 5.56 Å². The number of fused-ring (bicyclic) bond motifs is 1. The van der Waals surface area contributed by atoms with Crippen LogP contribution in [-0.4, -0.2) is 40.0 Å². The molecule has 0 fully saturated rings. The van der Waals surface area contributed by atoms with E-state index >= 15 is 0 Å². The predicted octanol–water partition coefficient (Wildman–Crippen LogP) is 2.64. The number of aliphatic imine (C=N–C) groups is 1. The maximum Gasteiger partial charge on any atom is 0.320 e. The van der Waals surface area contributed by atoms with Gasteiger partial charge in [0.15, 0.2) is 5.88 Å². The van der Waals surface area contributed by atoms with Crippen molar-refractivity contribution in [2.24, 2.45) is 10.7 Å². The highest BCUT2D eigenvalue weighted by molar-refractivity contribution is 9.10. The first-order valence-corrected chi connectivity index (χ1v) is 7.76. The molecule has 118 valence electrons. The van der Waals surface area contributed by atoms with Gasteiger partial charge in [-0.1, -0.05) is 15.9 Å². The van der Waals surface area contributed by atoms with E-state index in [4.69, 9.17) is 10.8 Å². The van der Waals surface area contributed by atoms with Gasteiger partial charge in [-0.15, -0.1) is 0 Å². The molecule has 0 saturated heterocycles. The molecule has 6 nitrogen and oxygen atoms in total. The van der Waals surface area contributed by atoms with Crippen LogP contribution in [0.1, 0.15) is 24.8 Å². The van der Waals surface area contributed by atoms with Gasteiger partial charge in [0, 0.05) is 28.1 Å². The number of carboxylic acid groups (broad SMARTS) is 1. The van der Waals surface area contributed by atoms with Crippen LogP contribution in [0.25, 0.3) is 10.9 Å². The van der Waals surface area contributed by atoms with E-state index in [1.807, 2.05) is 18.2 Å². The number of rotatable bonds is 7. The van der Waals surface area contributed by atoms with Gasteiger partial charge in [-0.25, -0.2) is 0 Å². The third-order valence-corrected chi connectivity index (χ3v) is 3.86. The van der Waals surface area contributed by atoms with Crippen molar-refractivity contribution in [3.63, 3.8) is 0 Å². The first kappa shape index (κ1) is 16.5. The zero-order valence-corrected chi connectivity index (χ0v) is 13.5. The maximum absolute atomic E-state index is 10.6. The van der Waals surface area contributed by atoms with Gasteiger partial charge >= 0.3 is 5.97 Å². The van der Waals surface area contributed by atoms with Crippen molar-refractivity contribution in [1.29, 1.82) is 0 Å². The highest BCUT2D eigenvalue weighted by Crippen LogP contribution is 2.28. The Morgan fingerprint density at radius 2 is 2.23 bits per heavy atom. The summed E-state index contributed by atoms with van der Waals surface area (Å²) in [4.78, 5) is 17.8. The monoisotopic (exact) mass is 367 g/mol. The molecule has 1 heterocycles. The molecule has 5 N–H and O–H groups in total. The standard InChI is InChI=1S/C15H18BrN3O3/c16-9-4-5-13-10(7-9)11(14(20)19-13)8-18-6-2-1-3-12(17)15(21)22/h4-5,7-8,12,19-20H,1-3,6,17H2,(H,21,22)/t12-/m0/s1. The second kappa shape index (κ2) is 7.42. The van der Waals surface area contributed by atoms with E-state index in [0.717, 1.165) is 21.8 Å². The van der Waals surface area contributed by atoms with Gasteiger partial charge in [0.1, 0.15) is 6.04 Å². The average Bonchev–Trinajstić information content (AvgIpc) is 2.77. The van der Waals surface area contributed by atoms with Crippen molar-refractivity contribution < 1.29 is 15.0 Å². The smallest absolute Gasteiger partial charge is 0.320 e. The third-order valence-electron chi connectivity index (χ3n) is 3.37. The molecule has 0 saturated carbocycles. The minimum absolute atomic E-state index is 0.0877. The lowest BCUT2D eigenvalue weighted by molar-refractivity contribution is -0.138. The van der Waals surface area contributed by atoms with Crippen molar-refractivity contribution in [3.05, 3.63) is 28.2 Å². The van der Waals surface area contributed by atoms with Crippen molar-refractivity contribution in [1.82, 2.24) is 4.98 Å². The Kier molecular flexibility index (Phi) is 5.57. The molecule has 0 aliphatic carbocycles. The normalized spacial score (nSPS) is 13.0. The molecule has 1 aromatic carbocycles. The van der Waals surface area contributed by atoms with Gasteiger partial charge < -0.3 is 20.9 Å². The maximum atomic E-state index is 10.6. The van der Waals surface area contributed by atoms with Crippen LogP contribution in [0, 0.1) is 0 Å². The summed E-state index contributed by atoms with van der Waals surface area (Å²) in [7, 11) is 0. The molecule has 7 heteroatoms. The molecule has 0 amide bonds. The second-order valence-corrected chi connectivity index (χ2v) is 5.97. The molecule has 1 atom stereocenters. The minimum Gasteiger partial charge on any atom is -0.494 e. The fraction of sp³-hybridized carbons (Fsp3) is 0.333. The Morgan fingerprint density at radius 1 is 1.45 bits per heavy atom. The number of aliphatic carboxylic acids is 1. The molecule has 0 unspecified atom stereocenters. The summed E-state index contributed by atoms with van der Waals surface area (Å²) in [6.07, 6.45) is 3.54. The molecule has 2 rings (SSSR count). The number of aromatic amines is 1. The Bertz CT molecular complexity index is 697. The van der Waals surface area contributed by atoms with Gasteiger partial charge in [0.2, 0.25) is 0 Å². The number of halogens is 1. The van der Waals surface area contributed by atoms with Crippen molar-refractivity contribution in [2.45, 2.75) is 25.3 Å². The summed E-state index contributed by atoms with van der Waals surface area (Å²) in [6.45, 7) is 0.562. The molecular weight excluding hydrogens is 350 g/mol. The first-order chi connectivity index (χ1) is 10.5. The lowest BCUT2D eigenvalue weighted by atomic mass is 10.1. The Morgan fingerprint density at radius 3 is 2.95 bits per heavy atom. The number of carboxylic acids is 1. The van der Waals surface area contributed by atoms with Crippen LogP contribution in [0.3, 0.4) is 0 Å². The summed E-state index contributed by atoms with van der Waals surface area (Å²) < 4.78 is 0.927. The van der Waals surface area contributed by atoms with Crippen LogP contribution in [-0.2, 0) is 4.79 Å². The number of H-pyrrole nitrogens is 1. The molecule has 1 aromatic heterocycles. The fourth-order valence-electron chi connectivity index (χ4n) is 2.15. The molecule has 0 aliphatic rings. The average molecular weight is 368 g/mol. The van der Waals surface area contributed by atoms with Crippen LogP contribution < -0.4 is 5.73 Å². The van der Waals surface area contributed by atoms with Crippen molar-refractivity contribution in [2.75, 3.05) is 6.54 Å². The molecule has 0 bridgehead atoms. The van der Waals surface area contributed by atoms with E-state index in [9.17, 15) is 9.90 Å². The van der Waals surface area contributed by atoms with Crippen LogP contribution in [0.5, 0.6) is 5.88 Å². The topological polar surface area (TPSA) is 112 Å². The van der Waals surface area contributed by atoms with Crippen molar-refractivity contribution in [3.8, 4) is 5.88 Å². The highest BCUT2D eigenvalue weighted by atomic mass is 79.9. The largest absolute Gasteiger partial charge is 0.494 e. The van der Waals surface area contributed by atoms with Crippen LogP contribution in [0.4, 0.5) is 0 Å². The van der Waals surface area contributed by atoms with E-state index in [-0.39, 0.29) is 5.88 Å². The summed E-state index contributed by atoms with van der Waals surface area (Å²) in [5.41, 5.74) is 6.92. The minimum atomic E-state index is -0.974. The molecule has 0 spiro atoms. The lowest BCUT2D eigenvalue weighted by Crippen LogP contribution is -2.29. The van der Waals surface area contributed by atoms with Gasteiger partial charge in [0.25, 0.3) is 0 Å². The number of nitrogens with one attached hydrogen (secondary N) is 1. The predicted molar refractivity (Wildman–Crippen MR) is 89.6 cm³/mol. The van der Waals surface area contributed by atoms with E-state index in [1.165, 1.54) is 0 Å². The Balaban J connectivity index is 1.92. The molecular formula is C15H18BrN3O3. The number of nitrogens with two attached hydrogens (primary N) is 1. The second-order valence-electron chi connectivity index (χ2n) is 5.05. The van der Waals surface area contributed by atoms with E-state index < -0.39 is 12.0 Å². The van der Waals surface area contributed by atoms with Gasteiger partial charge in [-0.2, -0.15) is 0 Å². The molecule has 22 heavy (non-hydrogen) atoms. The summed E-state index contributed by atoms with van der Waals surface area (Å²) in [6, 6.07) is 4.88. The van der Waals surface area contributed by atoms with Crippen LogP contribution in [0.15, 0.2) is 27.7 Å². The number of aromatic nitrogens is 1. The van der Waals surface area contributed by atoms with E-state index in [1.54, 1.807) is 6.21 Å². The lowest BCUT2D eigenvalue weighted by Gasteiger charge is -2.04. The SMILES string of the molecule is N[C@@H](CCCCN=Cc1c(O)[nH]c2ccc(Br)cc12)C(=O)O. The number of hydrogen-bond donors (Lipinski definition) is 4. The number of hydrogen-bond acceptors (Lipinski definition) is 4. The molecule has 0 radical (unpaired) electrons. The number of aromatic hydroxyl groups is 1. The Labute approximate surface area is 136 Å². The van der Waals surface area contributed by atoms with Crippen LogP contribution >= 0.6 is 15.9 Å². The fourth-order valence-corrected chi connectivity index (χ4v) is 2.51. The van der Waals surface area contributed by atoms with Gasteiger partial charge in [-0.05, 0) is 37.5 Å². The van der Waals surface area contributed by atoms with Crippen molar-refractivity contribution >= 4 is 39.0 Å². The third kappa shape index (κ3) is 4.08. The first-order valence-electron chi connectivity index (χ1n) is 6.97. The van der Waals surface area contributed by atoms with E-state index in [2.05, 4.69) is 25.9 Å². The Hall–Kier alpha value is -1.86.